The highest BCUT2D eigenvalue weighted by Gasteiger charge is 2.65. The molecule has 0 bridgehead atoms. The molecular weight excluding hydrogens is 1210 g/mol. The molecule has 92 heavy (non-hydrogen) atoms. The van der Waals surface area contributed by atoms with Crippen LogP contribution in [0.5, 0.6) is 5.75 Å². The zero-order valence-electron chi connectivity index (χ0n) is 52.3. The van der Waals surface area contributed by atoms with Gasteiger partial charge in [0.05, 0.1) is 69.0 Å². The van der Waals surface area contributed by atoms with Gasteiger partial charge in [-0.25, -0.2) is 9.26 Å². The molecule has 0 spiro atoms. The Labute approximate surface area is 532 Å². The van der Waals surface area contributed by atoms with Crippen molar-refractivity contribution >= 4 is 42.3 Å². The van der Waals surface area contributed by atoms with Crippen molar-refractivity contribution in [3.63, 3.8) is 0 Å². The Morgan fingerprint density at radius 3 is 2.34 bits per heavy atom. The van der Waals surface area contributed by atoms with Crippen LogP contribution in [0, 0.1) is 5.92 Å². The van der Waals surface area contributed by atoms with Crippen molar-refractivity contribution in [3.05, 3.63) is 165 Å². The summed E-state index contributed by atoms with van der Waals surface area (Å²) in [7, 11) is -3.74. The first-order valence-corrected chi connectivity index (χ1v) is 33.1. The summed E-state index contributed by atoms with van der Waals surface area (Å²) in [5.41, 5.74) is 3.29. The molecule has 2 aliphatic heterocycles. The number of likely N-dealkylation sites (N-methyl/N-ethyl adjacent to an activating group) is 1. The number of allylic oxidation sites excluding steroid dienone is 4. The van der Waals surface area contributed by atoms with Crippen molar-refractivity contribution in [2.75, 3.05) is 91.2 Å². The van der Waals surface area contributed by atoms with Crippen LogP contribution in [-0.4, -0.2) is 173 Å². The molecule has 5 atom stereocenters. The van der Waals surface area contributed by atoms with Gasteiger partial charge in [0.1, 0.15) is 49.5 Å². The number of benzene rings is 3. The molecule has 494 valence electrons. The van der Waals surface area contributed by atoms with E-state index in [1.54, 1.807) is 25.3 Å². The standard InChI is InChI=1S/C65H81F3N11O12P/c1-6-77(7-2)48-21-24-53-57(36-48)91-58-37-49(78(8-3)9-4)22-25-54(58)60(53)51-18-11-12-19-52(51)61(82)72-38-47-40-79(76-73-47)41-59(81)69-27-28-88-29-30-89-31-32-90-56-35-46(64(74-75-64)65(66,67)68)20-23-55(56)62(83)70-26-13-10-14-33-92(86,87)42-50(80)39-71-43(5)44-16-15-17-45(34-44)63(84)85/h11-12,15-25,34-37,40,43,50,53,57,71,80H,6-10,13-14,26-33,38-39,41-42H2,1-5H3,(H4-,69,70,72,81,82,83,84,85,86,87)/t43-,50+,53?,57?/m1/s1. The summed E-state index contributed by atoms with van der Waals surface area (Å²) in [6, 6.07) is 16.7. The van der Waals surface area contributed by atoms with E-state index in [-0.39, 0.29) is 130 Å². The minimum absolute atomic E-state index is 0.00512. The van der Waals surface area contributed by atoms with Gasteiger partial charge in [-0.05, 0) is 112 Å². The number of ether oxygens (including phenoxy) is 4. The Bertz CT molecular complexity index is 3550. The second-order valence-electron chi connectivity index (χ2n) is 22.4. The number of unbranched alkanes of at least 4 members (excludes halogenated alkanes) is 2. The van der Waals surface area contributed by atoms with E-state index in [2.05, 4.69) is 115 Å². The average molecular weight is 1300 g/mol. The second kappa shape index (κ2) is 32.4. The molecule has 1 aromatic heterocycles. The third kappa shape index (κ3) is 18.3. The van der Waals surface area contributed by atoms with Crippen molar-refractivity contribution in [2.45, 2.75) is 97.1 Å². The molecule has 3 unspecified atom stereocenters. The number of alkyl halides is 3. The first-order chi connectivity index (χ1) is 44.2. The number of nitrogens with zero attached hydrogens (tertiary/aromatic N) is 7. The van der Waals surface area contributed by atoms with Crippen LogP contribution in [0.1, 0.15) is 113 Å². The maximum Gasteiger partial charge on any atom is 0.442 e. The monoisotopic (exact) mass is 1300 g/mol. The number of aliphatic hydroxyl groups is 1. The van der Waals surface area contributed by atoms with Crippen LogP contribution >= 0.6 is 7.37 Å². The van der Waals surface area contributed by atoms with Gasteiger partial charge in [0, 0.05) is 79.3 Å². The molecule has 4 aromatic rings. The van der Waals surface area contributed by atoms with E-state index in [4.69, 9.17) is 18.9 Å². The lowest BCUT2D eigenvalue weighted by atomic mass is 9.77. The summed E-state index contributed by atoms with van der Waals surface area (Å²) in [4.78, 5) is 64.3. The topological polar surface area (TPSA) is 296 Å². The maximum atomic E-state index is 14.1. The highest BCUT2D eigenvalue weighted by Crippen LogP contribution is 2.53. The van der Waals surface area contributed by atoms with Gasteiger partial charge in [0.25, 0.3) is 11.8 Å². The molecule has 0 saturated heterocycles. The average Bonchev–Trinajstić information content (AvgIpc) is 1.41. The Morgan fingerprint density at radius 1 is 0.870 bits per heavy atom. The van der Waals surface area contributed by atoms with E-state index >= 15 is 0 Å². The number of halogens is 3. The lowest BCUT2D eigenvalue weighted by Crippen LogP contribution is -2.34. The molecule has 8 rings (SSSR count). The van der Waals surface area contributed by atoms with Gasteiger partial charge < -0.3 is 65.0 Å². The maximum absolute atomic E-state index is 14.1. The normalized spacial score (nSPS) is 17.5. The fraction of sp³-hybridized carbons (Fsp3) is 0.462. The SMILES string of the molecule is CCN(CC)C1=CC2OC3=CC(=[N+](CC)CC)C=CC3=C(c3ccccc3C(=O)NCc3cn(CC(=O)NCCOCCOCCOc4cc(C5(C(F)(F)F)N=N5)ccc4C(=O)NCCCCCP(=O)(O)C[C@@H](O)CN[C@H](C)c4cccc(C(=O)[O-])c4)nn3)C2C=C1. The van der Waals surface area contributed by atoms with Crippen molar-refractivity contribution < 1.29 is 75.5 Å². The molecule has 4 aliphatic rings. The molecule has 0 saturated carbocycles. The van der Waals surface area contributed by atoms with Gasteiger partial charge in [-0.3, -0.25) is 18.9 Å². The molecule has 3 aromatic carbocycles. The van der Waals surface area contributed by atoms with Crippen LogP contribution in [0.2, 0.25) is 0 Å². The first kappa shape index (κ1) is 69.8. The van der Waals surface area contributed by atoms with E-state index in [1.807, 2.05) is 24.3 Å². The zero-order chi connectivity index (χ0) is 66.0. The number of carbonyl (C=O) groups is 4. The number of carbonyl (C=O) groups excluding carboxylic acids is 4. The molecule has 6 N–H and O–H groups in total. The Hall–Kier alpha value is -8.13. The lowest BCUT2D eigenvalue weighted by Gasteiger charge is -2.38. The summed E-state index contributed by atoms with van der Waals surface area (Å²) >= 11 is 0. The van der Waals surface area contributed by atoms with Gasteiger partial charge in [-0.2, -0.15) is 13.2 Å². The van der Waals surface area contributed by atoms with Gasteiger partial charge in [-0.15, -0.1) is 15.3 Å². The van der Waals surface area contributed by atoms with Crippen LogP contribution < -0.4 is 31.1 Å². The predicted molar refractivity (Wildman–Crippen MR) is 335 cm³/mol. The Kier molecular flexibility index (Phi) is 24.6. The van der Waals surface area contributed by atoms with Gasteiger partial charge in [-0.1, -0.05) is 60.2 Å². The Morgan fingerprint density at radius 2 is 1.61 bits per heavy atom. The number of aliphatic hydroxyl groups excluding tert-OH is 1. The van der Waals surface area contributed by atoms with Gasteiger partial charge in [0.2, 0.25) is 19.0 Å². The zero-order valence-corrected chi connectivity index (χ0v) is 53.2. The number of amides is 3. The number of aromatic nitrogens is 3. The van der Waals surface area contributed by atoms with E-state index in [1.165, 1.54) is 22.9 Å². The van der Waals surface area contributed by atoms with Crippen molar-refractivity contribution in [1.29, 1.82) is 0 Å². The number of rotatable bonds is 36. The van der Waals surface area contributed by atoms with Crippen LogP contribution in [-0.2, 0) is 42.3 Å². The number of carboxylic acids is 1. The molecular formula is C65H81F3N11O12P. The quantitative estimate of drug-likeness (QED) is 0.0164. The van der Waals surface area contributed by atoms with Crippen LogP contribution in [0.25, 0.3) is 5.57 Å². The number of fused-ring (bicyclic) bond motifs is 2. The summed E-state index contributed by atoms with van der Waals surface area (Å²) in [5.74, 6) is -2.17. The van der Waals surface area contributed by atoms with Crippen molar-refractivity contribution in [2.24, 2.45) is 16.1 Å². The summed E-state index contributed by atoms with van der Waals surface area (Å²) in [5, 5.41) is 48.0. The minimum atomic E-state index is -4.83. The third-order valence-corrected chi connectivity index (χ3v) is 18.1. The number of aromatic carboxylic acids is 1. The molecule has 3 amide bonds. The molecule has 23 nitrogen and oxygen atoms in total. The minimum Gasteiger partial charge on any atom is -0.545 e. The van der Waals surface area contributed by atoms with E-state index in [9.17, 15) is 52.0 Å². The number of carboxylic acid groups (broad SMARTS) is 1. The van der Waals surface area contributed by atoms with E-state index in [0.29, 0.717) is 36.1 Å². The largest absolute Gasteiger partial charge is 0.545 e. The fourth-order valence-electron chi connectivity index (χ4n) is 11.0. The van der Waals surface area contributed by atoms with Crippen molar-refractivity contribution in [3.8, 4) is 5.75 Å². The molecule has 2 aliphatic carbocycles. The molecule has 3 heterocycles. The molecule has 27 heteroatoms. The van der Waals surface area contributed by atoms with E-state index < -0.39 is 37.2 Å². The second-order valence-corrected chi connectivity index (χ2v) is 24.9. The lowest BCUT2D eigenvalue weighted by molar-refractivity contribution is -0.519. The molecule has 0 radical (unpaired) electrons. The number of hydrogen-bond acceptors (Lipinski definition) is 17. The molecule has 0 fully saturated rings. The summed E-state index contributed by atoms with van der Waals surface area (Å²) < 4.78 is 82.2. The Balaban J connectivity index is 0.732. The van der Waals surface area contributed by atoms with Gasteiger partial charge in [0.15, 0.2) is 0 Å². The van der Waals surface area contributed by atoms with Crippen molar-refractivity contribution in [1.82, 2.24) is 41.2 Å². The number of nitrogens with one attached hydrogen (secondary N) is 4. The van der Waals surface area contributed by atoms with E-state index in [0.717, 1.165) is 72.2 Å². The van der Waals surface area contributed by atoms with Crippen LogP contribution in [0.3, 0.4) is 0 Å². The summed E-state index contributed by atoms with van der Waals surface area (Å²) in [6.45, 7) is 14.1. The highest BCUT2D eigenvalue weighted by atomic mass is 31.2. The fourth-order valence-corrected chi connectivity index (χ4v) is 12.7. The smallest absolute Gasteiger partial charge is 0.442 e. The van der Waals surface area contributed by atoms with Gasteiger partial charge >= 0.3 is 11.8 Å². The predicted octanol–water partition coefficient (Wildman–Crippen LogP) is 6.37. The van der Waals surface area contributed by atoms with Crippen LogP contribution in [0.15, 0.2) is 137 Å². The summed E-state index contributed by atoms with van der Waals surface area (Å²) in [6.07, 6.45) is 8.82. The van der Waals surface area contributed by atoms with Crippen LogP contribution in [0.4, 0.5) is 13.2 Å². The first-order valence-electron chi connectivity index (χ1n) is 31.0. The third-order valence-electron chi connectivity index (χ3n) is 16.1. The number of hydrogen-bond donors (Lipinski definition) is 6. The highest BCUT2D eigenvalue weighted by molar-refractivity contribution is 7.58.